The van der Waals surface area contributed by atoms with Gasteiger partial charge in [0.2, 0.25) is 0 Å². The minimum absolute atomic E-state index is 0.0864. The number of para-hydroxylation sites is 1. The van der Waals surface area contributed by atoms with E-state index in [1.165, 1.54) is 0 Å². The van der Waals surface area contributed by atoms with Crippen molar-refractivity contribution < 1.29 is 13.9 Å². The summed E-state index contributed by atoms with van der Waals surface area (Å²) in [6.07, 6.45) is 4.36. The number of fused-ring (bicyclic) bond motifs is 1. The van der Waals surface area contributed by atoms with E-state index in [0.29, 0.717) is 18.2 Å². The molecule has 1 aromatic carbocycles. The monoisotopic (exact) mass is 315 g/mol. The topological polar surface area (TPSA) is 59.8 Å². The Morgan fingerprint density at radius 1 is 1.35 bits per heavy atom. The maximum absolute atomic E-state index is 12.5. The van der Waals surface area contributed by atoms with E-state index >= 15 is 0 Å². The summed E-state index contributed by atoms with van der Waals surface area (Å²) < 4.78 is 10.8. The Kier molecular flexibility index (Phi) is 4.76. The van der Waals surface area contributed by atoms with Gasteiger partial charge in [-0.2, -0.15) is 0 Å². The number of carbonyl (C=O) groups is 1. The van der Waals surface area contributed by atoms with Gasteiger partial charge in [0.15, 0.2) is 0 Å². The Labute approximate surface area is 134 Å². The van der Waals surface area contributed by atoms with Crippen LogP contribution in [0.25, 0.3) is 11.0 Å². The van der Waals surface area contributed by atoms with Gasteiger partial charge >= 0.3 is 5.63 Å². The molecule has 2 aromatic rings. The van der Waals surface area contributed by atoms with Gasteiger partial charge in [-0.3, -0.25) is 4.79 Å². The minimum Gasteiger partial charge on any atom is -0.422 e. The lowest BCUT2D eigenvalue weighted by Gasteiger charge is -2.18. The molecule has 0 N–H and O–H groups in total. The van der Waals surface area contributed by atoms with Crippen LogP contribution in [0.4, 0.5) is 0 Å². The molecule has 0 saturated carbocycles. The third-order valence-corrected chi connectivity index (χ3v) is 4.26. The Morgan fingerprint density at radius 3 is 2.96 bits per heavy atom. The molecular formula is C18H21NO4. The molecular weight excluding hydrogens is 294 g/mol. The van der Waals surface area contributed by atoms with E-state index in [1.54, 1.807) is 30.1 Å². The molecule has 0 radical (unpaired) electrons. The van der Waals surface area contributed by atoms with Gasteiger partial charge in [-0.15, -0.1) is 0 Å². The fraction of sp³-hybridized carbons (Fsp3) is 0.444. The molecule has 0 aliphatic carbocycles. The SMILES string of the molecule is CN(CCCC1CCCO1)C(=O)c1cc2ccccc2oc1=O. The van der Waals surface area contributed by atoms with E-state index in [1.807, 2.05) is 12.1 Å². The van der Waals surface area contributed by atoms with E-state index in [4.69, 9.17) is 9.15 Å². The van der Waals surface area contributed by atoms with E-state index in [-0.39, 0.29) is 11.5 Å². The number of hydrogen-bond acceptors (Lipinski definition) is 4. The molecule has 0 spiro atoms. The zero-order valence-corrected chi connectivity index (χ0v) is 13.3. The van der Waals surface area contributed by atoms with Crippen LogP contribution in [0.3, 0.4) is 0 Å². The van der Waals surface area contributed by atoms with Crippen molar-refractivity contribution in [1.29, 1.82) is 0 Å². The van der Waals surface area contributed by atoms with Crippen LogP contribution in [-0.4, -0.2) is 37.1 Å². The van der Waals surface area contributed by atoms with Crippen molar-refractivity contribution in [3.63, 3.8) is 0 Å². The molecule has 1 aliphatic rings. The predicted octanol–water partition coefficient (Wildman–Crippen LogP) is 2.82. The molecule has 2 heterocycles. The zero-order valence-electron chi connectivity index (χ0n) is 13.3. The van der Waals surface area contributed by atoms with E-state index < -0.39 is 5.63 Å². The predicted molar refractivity (Wildman–Crippen MR) is 87.7 cm³/mol. The molecule has 0 bridgehead atoms. The number of benzene rings is 1. The zero-order chi connectivity index (χ0) is 16.2. The first-order valence-electron chi connectivity index (χ1n) is 8.05. The highest BCUT2D eigenvalue weighted by molar-refractivity contribution is 5.96. The first-order valence-corrected chi connectivity index (χ1v) is 8.05. The first kappa shape index (κ1) is 15.7. The van der Waals surface area contributed by atoms with Crippen molar-refractivity contribution in [3.05, 3.63) is 46.3 Å². The van der Waals surface area contributed by atoms with Crippen LogP contribution in [0.5, 0.6) is 0 Å². The van der Waals surface area contributed by atoms with E-state index in [0.717, 1.165) is 37.7 Å². The highest BCUT2D eigenvalue weighted by atomic mass is 16.5. The molecule has 3 rings (SSSR count). The number of amides is 1. The largest absolute Gasteiger partial charge is 0.422 e. The standard InChI is InChI=1S/C18H21NO4/c1-19(10-4-7-14-8-5-11-22-14)17(20)15-12-13-6-2-3-9-16(13)23-18(15)21/h2-3,6,9,12,14H,4-5,7-8,10-11H2,1H3. The highest BCUT2D eigenvalue weighted by Gasteiger charge is 2.19. The van der Waals surface area contributed by atoms with Crippen molar-refractivity contribution in [3.8, 4) is 0 Å². The quantitative estimate of drug-likeness (QED) is 0.796. The second-order valence-corrected chi connectivity index (χ2v) is 5.99. The number of ether oxygens (including phenoxy) is 1. The Hall–Kier alpha value is -2.14. The van der Waals surface area contributed by atoms with Crippen LogP contribution in [0, 0.1) is 0 Å². The van der Waals surface area contributed by atoms with Gasteiger partial charge in [-0.1, -0.05) is 18.2 Å². The minimum atomic E-state index is -0.584. The fourth-order valence-electron chi connectivity index (χ4n) is 2.95. The molecule has 1 saturated heterocycles. The summed E-state index contributed by atoms with van der Waals surface area (Å²) >= 11 is 0. The summed E-state index contributed by atoms with van der Waals surface area (Å²) in [4.78, 5) is 26.1. The highest BCUT2D eigenvalue weighted by Crippen LogP contribution is 2.17. The summed E-state index contributed by atoms with van der Waals surface area (Å²) in [7, 11) is 1.71. The van der Waals surface area contributed by atoms with Crippen LogP contribution in [0.1, 0.15) is 36.0 Å². The van der Waals surface area contributed by atoms with Gasteiger partial charge < -0.3 is 14.1 Å². The molecule has 23 heavy (non-hydrogen) atoms. The summed E-state index contributed by atoms with van der Waals surface area (Å²) in [6.45, 7) is 1.45. The molecule has 1 aliphatic heterocycles. The van der Waals surface area contributed by atoms with Crippen LogP contribution < -0.4 is 5.63 Å². The molecule has 1 fully saturated rings. The number of nitrogens with zero attached hydrogens (tertiary/aromatic N) is 1. The Balaban J connectivity index is 1.66. The number of rotatable bonds is 5. The second kappa shape index (κ2) is 6.96. The average molecular weight is 315 g/mol. The van der Waals surface area contributed by atoms with Gasteiger partial charge in [-0.25, -0.2) is 4.79 Å². The van der Waals surface area contributed by atoms with Gasteiger partial charge in [0, 0.05) is 25.6 Å². The number of carbonyl (C=O) groups excluding carboxylic acids is 1. The average Bonchev–Trinajstić information content (AvgIpc) is 3.06. The molecule has 1 unspecified atom stereocenters. The number of hydrogen-bond donors (Lipinski definition) is 0. The van der Waals surface area contributed by atoms with Gasteiger partial charge in [0.25, 0.3) is 5.91 Å². The van der Waals surface area contributed by atoms with Crippen molar-refractivity contribution >= 4 is 16.9 Å². The van der Waals surface area contributed by atoms with Crippen LogP contribution in [0.2, 0.25) is 0 Å². The van der Waals surface area contributed by atoms with Gasteiger partial charge in [0.1, 0.15) is 11.1 Å². The van der Waals surface area contributed by atoms with E-state index in [9.17, 15) is 9.59 Å². The summed E-state index contributed by atoms with van der Waals surface area (Å²) in [5.41, 5.74) is -0.00178. The Morgan fingerprint density at radius 2 is 2.17 bits per heavy atom. The molecule has 122 valence electrons. The van der Waals surface area contributed by atoms with Crippen LogP contribution in [0.15, 0.2) is 39.5 Å². The molecule has 1 atom stereocenters. The second-order valence-electron chi connectivity index (χ2n) is 5.99. The molecule has 1 aromatic heterocycles. The normalized spacial score (nSPS) is 17.5. The Bertz CT molecular complexity index is 746. The lowest BCUT2D eigenvalue weighted by Crippen LogP contribution is -2.31. The van der Waals surface area contributed by atoms with Crippen molar-refractivity contribution in [2.24, 2.45) is 0 Å². The van der Waals surface area contributed by atoms with Crippen molar-refractivity contribution in [2.45, 2.75) is 31.8 Å². The summed E-state index contributed by atoms with van der Waals surface area (Å²) in [6, 6.07) is 8.80. The third-order valence-electron chi connectivity index (χ3n) is 4.26. The summed E-state index contributed by atoms with van der Waals surface area (Å²) in [5.74, 6) is -0.295. The lowest BCUT2D eigenvalue weighted by atomic mass is 10.1. The van der Waals surface area contributed by atoms with E-state index in [2.05, 4.69) is 0 Å². The third kappa shape index (κ3) is 3.62. The lowest BCUT2D eigenvalue weighted by molar-refractivity contribution is 0.0759. The molecule has 5 heteroatoms. The summed E-state index contributed by atoms with van der Waals surface area (Å²) in [5, 5.41) is 0.753. The van der Waals surface area contributed by atoms with Crippen LogP contribution >= 0.6 is 0 Å². The maximum atomic E-state index is 12.5. The van der Waals surface area contributed by atoms with Crippen molar-refractivity contribution in [1.82, 2.24) is 4.90 Å². The maximum Gasteiger partial charge on any atom is 0.349 e. The van der Waals surface area contributed by atoms with Crippen LogP contribution in [-0.2, 0) is 4.74 Å². The molecule has 5 nitrogen and oxygen atoms in total. The van der Waals surface area contributed by atoms with Crippen molar-refractivity contribution in [2.75, 3.05) is 20.2 Å². The molecule has 1 amide bonds. The smallest absolute Gasteiger partial charge is 0.349 e. The first-order chi connectivity index (χ1) is 11.1. The van der Waals surface area contributed by atoms with Gasteiger partial charge in [0.05, 0.1) is 6.10 Å². The van der Waals surface area contributed by atoms with Gasteiger partial charge in [-0.05, 0) is 37.8 Å². The fourth-order valence-corrected chi connectivity index (χ4v) is 2.95.